The van der Waals surface area contributed by atoms with Gasteiger partial charge >= 0.3 is 5.69 Å². The normalized spacial score (nSPS) is 13.2. The molecule has 0 radical (unpaired) electrons. The van der Waals surface area contributed by atoms with Gasteiger partial charge in [-0.1, -0.05) is 0 Å². The SMILES string of the molecule is CSC(SC)=C1C(=O)Nc2cc([N+](=O)O)ccc21. The molecule has 7 heteroatoms. The van der Waals surface area contributed by atoms with E-state index in [2.05, 4.69) is 5.32 Å². The zero-order valence-electron chi connectivity index (χ0n) is 9.76. The number of anilines is 1. The number of carbonyl (C=O) groups excluding carboxylic acids is 1. The van der Waals surface area contributed by atoms with Crippen LogP contribution in [-0.2, 0) is 4.79 Å². The molecule has 18 heavy (non-hydrogen) atoms. The van der Waals surface area contributed by atoms with Crippen LogP contribution in [0.2, 0.25) is 0 Å². The van der Waals surface area contributed by atoms with Gasteiger partial charge in [-0.3, -0.25) is 4.79 Å². The Morgan fingerprint density at radius 2 is 2.00 bits per heavy atom. The van der Waals surface area contributed by atoms with Gasteiger partial charge in [-0.15, -0.1) is 23.5 Å². The minimum Gasteiger partial charge on any atom is -0.321 e. The van der Waals surface area contributed by atoms with Crippen LogP contribution in [0.3, 0.4) is 0 Å². The van der Waals surface area contributed by atoms with Gasteiger partial charge in [0.25, 0.3) is 10.8 Å². The lowest BCUT2D eigenvalue weighted by Gasteiger charge is -2.03. The molecule has 0 spiro atoms. The summed E-state index contributed by atoms with van der Waals surface area (Å²) in [6.45, 7) is 0. The first-order valence-electron chi connectivity index (χ1n) is 5.02. The van der Waals surface area contributed by atoms with Crippen molar-refractivity contribution in [1.82, 2.24) is 0 Å². The fourth-order valence-electron chi connectivity index (χ4n) is 1.77. The molecule has 94 valence electrons. The summed E-state index contributed by atoms with van der Waals surface area (Å²) >= 11 is 3.01. The smallest absolute Gasteiger partial charge is 0.318 e. The Morgan fingerprint density at radius 3 is 2.56 bits per heavy atom. The van der Waals surface area contributed by atoms with Gasteiger partial charge in [-0.25, -0.2) is 5.21 Å². The van der Waals surface area contributed by atoms with Crippen molar-refractivity contribution in [2.75, 3.05) is 17.8 Å². The molecule has 1 amide bonds. The molecule has 1 aromatic rings. The molecule has 0 unspecified atom stereocenters. The highest BCUT2D eigenvalue weighted by Gasteiger charge is 2.29. The summed E-state index contributed by atoms with van der Waals surface area (Å²) in [6.07, 6.45) is 3.82. The highest BCUT2D eigenvalue weighted by atomic mass is 32.2. The second-order valence-corrected chi connectivity index (χ2v) is 5.42. The van der Waals surface area contributed by atoms with E-state index in [1.165, 1.54) is 35.7 Å². The van der Waals surface area contributed by atoms with Gasteiger partial charge in [-0.2, -0.15) is 0 Å². The number of nitrogens with one attached hydrogen (secondary N) is 1. The third-order valence-corrected chi connectivity index (χ3v) is 4.69. The summed E-state index contributed by atoms with van der Waals surface area (Å²) in [5.74, 6) is -0.184. The third-order valence-electron chi connectivity index (χ3n) is 2.54. The van der Waals surface area contributed by atoms with Crippen molar-refractivity contribution < 1.29 is 14.9 Å². The van der Waals surface area contributed by atoms with Gasteiger partial charge in [0, 0.05) is 17.7 Å². The molecule has 5 nitrogen and oxygen atoms in total. The zero-order chi connectivity index (χ0) is 13.3. The Bertz CT molecular complexity index is 563. The number of thioether (sulfide) groups is 2. The maximum atomic E-state index is 11.9. The van der Waals surface area contributed by atoms with Crippen molar-refractivity contribution in [2.45, 2.75) is 0 Å². The van der Waals surface area contributed by atoms with Crippen molar-refractivity contribution in [3.63, 3.8) is 0 Å². The summed E-state index contributed by atoms with van der Waals surface area (Å²) < 4.78 is 0.918. The second kappa shape index (κ2) is 5.03. The number of hydrogen-bond donors (Lipinski definition) is 2. The lowest BCUT2D eigenvalue weighted by atomic mass is 10.1. The van der Waals surface area contributed by atoms with Crippen molar-refractivity contribution in [2.24, 2.45) is 0 Å². The van der Waals surface area contributed by atoms with Crippen LogP contribution in [0.4, 0.5) is 11.4 Å². The molecular weight excluding hydrogens is 272 g/mol. The minimum absolute atomic E-state index is 0.0881. The molecule has 0 fully saturated rings. The van der Waals surface area contributed by atoms with Crippen molar-refractivity contribution in [3.8, 4) is 0 Å². The molecule has 0 bridgehead atoms. The van der Waals surface area contributed by atoms with Crippen LogP contribution in [0.25, 0.3) is 5.57 Å². The quantitative estimate of drug-likeness (QED) is 0.659. The molecule has 0 saturated heterocycles. The van der Waals surface area contributed by atoms with E-state index in [4.69, 9.17) is 5.21 Å². The predicted octanol–water partition coefficient (Wildman–Crippen LogP) is 2.83. The Morgan fingerprint density at radius 1 is 1.33 bits per heavy atom. The summed E-state index contributed by atoms with van der Waals surface area (Å²) in [5.41, 5.74) is 2.00. The average Bonchev–Trinajstić information content (AvgIpc) is 2.67. The van der Waals surface area contributed by atoms with Gasteiger partial charge in [0.1, 0.15) is 0 Å². The Kier molecular flexibility index (Phi) is 3.63. The minimum atomic E-state index is -0.224. The fraction of sp³-hybridized carbons (Fsp3) is 0.182. The number of benzene rings is 1. The molecule has 0 atom stereocenters. The maximum Gasteiger partial charge on any atom is 0.318 e. The van der Waals surface area contributed by atoms with Gasteiger partial charge in [-0.05, 0) is 18.6 Å². The highest BCUT2D eigenvalue weighted by molar-refractivity contribution is 8.22. The summed E-state index contributed by atoms with van der Waals surface area (Å²) in [7, 11) is 0. The van der Waals surface area contributed by atoms with E-state index in [1.807, 2.05) is 12.5 Å². The summed E-state index contributed by atoms with van der Waals surface area (Å²) in [4.78, 5) is 22.5. The molecule has 1 aliphatic heterocycles. The molecule has 0 aromatic heterocycles. The van der Waals surface area contributed by atoms with Gasteiger partial charge < -0.3 is 5.32 Å². The van der Waals surface area contributed by atoms with E-state index < -0.39 is 0 Å². The Balaban J connectivity index is 2.57. The first-order chi connectivity index (χ1) is 8.58. The number of rotatable bonds is 3. The van der Waals surface area contributed by atoms with Crippen LogP contribution >= 0.6 is 23.5 Å². The van der Waals surface area contributed by atoms with E-state index in [0.717, 1.165) is 9.80 Å². The van der Waals surface area contributed by atoms with Crippen LogP contribution in [0.15, 0.2) is 22.4 Å². The van der Waals surface area contributed by atoms with Gasteiger partial charge in [0.2, 0.25) is 0 Å². The van der Waals surface area contributed by atoms with E-state index in [-0.39, 0.29) is 16.5 Å². The van der Waals surface area contributed by atoms with Crippen LogP contribution in [0.1, 0.15) is 5.56 Å². The molecule has 0 saturated carbocycles. The standard InChI is InChI=1S/C11H10N2O3S2/c1-17-11(18-2)9-7-4-3-6(13(15)16)5-8(7)12-10(9)14/h3-5H,1-2H3,(H-,12,14,15,16)/p+1. The number of carbonyl (C=O) groups is 1. The zero-order valence-corrected chi connectivity index (χ0v) is 11.4. The lowest BCUT2D eigenvalue weighted by Crippen LogP contribution is -2.04. The molecule has 1 heterocycles. The second-order valence-electron chi connectivity index (χ2n) is 3.53. The number of amides is 1. The first-order valence-corrected chi connectivity index (χ1v) is 7.47. The Hall–Kier alpha value is -1.47. The Labute approximate surface area is 112 Å². The van der Waals surface area contributed by atoms with Crippen LogP contribution in [0.5, 0.6) is 0 Å². The van der Waals surface area contributed by atoms with E-state index in [0.29, 0.717) is 11.3 Å². The van der Waals surface area contributed by atoms with Crippen LogP contribution in [-0.4, -0.2) is 28.5 Å². The van der Waals surface area contributed by atoms with Crippen molar-refractivity contribution in [3.05, 3.63) is 32.9 Å². The van der Waals surface area contributed by atoms with Gasteiger partial charge in [0.15, 0.2) is 0 Å². The van der Waals surface area contributed by atoms with Crippen LogP contribution < -0.4 is 5.32 Å². The molecule has 0 aliphatic carbocycles. The van der Waals surface area contributed by atoms with E-state index in [9.17, 15) is 9.70 Å². The van der Waals surface area contributed by atoms with E-state index in [1.54, 1.807) is 6.07 Å². The summed E-state index contributed by atoms with van der Waals surface area (Å²) in [6, 6.07) is 4.58. The highest BCUT2D eigenvalue weighted by Crippen LogP contribution is 2.41. The van der Waals surface area contributed by atoms with Crippen LogP contribution in [0, 0.1) is 4.91 Å². The van der Waals surface area contributed by atoms with Crippen molar-refractivity contribution >= 4 is 46.4 Å². The molecule has 2 N–H and O–H groups in total. The van der Waals surface area contributed by atoms with E-state index >= 15 is 0 Å². The van der Waals surface area contributed by atoms with Gasteiger partial charge in [0.05, 0.1) is 20.4 Å². The third kappa shape index (κ3) is 2.11. The number of nitrogens with zero attached hydrogens (tertiary/aromatic N) is 1. The molecule has 2 rings (SSSR count). The first kappa shape index (κ1) is 13.0. The predicted molar refractivity (Wildman–Crippen MR) is 74.1 cm³/mol. The molecule has 1 aromatic carbocycles. The number of fused-ring (bicyclic) bond motifs is 1. The van der Waals surface area contributed by atoms with Crippen molar-refractivity contribution in [1.29, 1.82) is 0 Å². The number of hydrogen-bond acceptors (Lipinski definition) is 4. The average molecular weight is 283 g/mol. The maximum absolute atomic E-state index is 11.9. The molecular formula is C11H11N2O3S2+. The fourth-order valence-corrected chi connectivity index (χ4v) is 3.25. The lowest BCUT2D eigenvalue weighted by molar-refractivity contribution is -0.729. The topological polar surface area (TPSA) is 69.4 Å². The molecule has 1 aliphatic rings. The monoisotopic (exact) mass is 283 g/mol. The summed E-state index contributed by atoms with van der Waals surface area (Å²) in [5, 5.41) is 11.5. The largest absolute Gasteiger partial charge is 0.321 e.